The number of ether oxygens (including phenoxy) is 2. The van der Waals surface area contributed by atoms with Crippen LogP contribution in [0.1, 0.15) is 20.8 Å². The molecule has 34 heavy (non-hydrogen) atoms. The summed E-state index contributed by atoms with van der Waals surface area (Å²) in [7, 11) is -3.46. The highest BCUT2D eigenvalue weighted by Crippen LogP contribution is 2.39. The van der Waals surface area contributed by atoms with Crippen molar-refractivity contribution in [3.8, 4) is 11.5 Å². The van der Waals surface area contributed by atoms with Gasteiger partial charge in [-0.05, 0) is 42.8 Å². The molecule has 0 aliphatic rings. The molecule has 188 valence electrons. The number of hydrogen-bond donors (Lipinski definition) is 1. The maximum atomic E-state index is 12.4. The van der Waals surface area contributed by atoms with Crippen LogP contribution in [-0.4, -0.2) is 52.0 Å². The van der Waals surface area contributed by atoms with Crippen LogP contribution in [0.5, 0.6) is 11.5 Å². The summed E-state index contributed by atoms with van der Waals surface area (Å²) in [6.45, 7) is 1.08. The van der Waals surface area contributed by atoms with E-state index in [1.165, 1.54) is 11.8 Å². The zero-order valence-electron chi connectivity index (χ0n) is 17.9. The lowest BCUT2D eigenvalue weighted by Gasteiger charge is -2.23. The fraction of sp³-hybridized carbons (Fsp3) is 0.364. The summed E-state index contributed by atoms with van der Waals surface area (Å²) in [5, 5.41) is 0.499. The molecule has 0 heterocycles. The molecule has 1 amide bonds. The van der Waals surface area contributed by atoms with E-state index in [1.807, 2.05) is 0 Å². The van der Waals surface area contributed by atoms with Crippen molar-refractivity contribution in [3.05, 3.63) is 46.4 Å². The third-order valence-electron chi connectivity index (χ3n) is 4.11. The molecule has 0 bridgehead atoms. The summed E-state index contributed by atoms with van der Waals surface area (Å²) in [5.41, 5.74) is 0.959. The van der Waals surface area contributed by atoms with Crippen molar-refractivity contribution in [3.63, 3.8) is 0 Å². The third kappa shape index (κ3) is 9.31. The van der Waals surface area contributed by atoms with Crippen molar-refractivity contribution >= 4 is 67.9 Å². The third-order valence-corrected chi connectivity index (χ3v) is 5.60. The topological polar surface area (TPSA) is 102 Å². The number of ketones is 1. The molecule has 0 aliphatic heterocycles. The molecule has 0 fully saturated rings. The van der Waals surface area contributed by atoms with Gasteiger partial charge in [-0.25, -0.2) is 13.1 Å². The molecule has 0 radical (unpaired) electrons. The number of hydrogen-bond acceptors (Lipinski definition) is 6. The van der Waals surface area contributed by atoms with Crippen molar-refractivity contribution in [1.82, 2.24) is 4.72 Å². The standard InChI is InChI=1S/C21H23Cl3N2O6S.CH4/c1-14(27)26(16-10-19(23)21(20(24)11-16)31-9-3-8-22)15-4-6-18(7-5-15)32-13-17(28)12-25-33(2,29)30;/h4-7,10-11,25H,3,8-9,12-13H2,1-2H3;1H4. The van der Waals surface area contributed by atoms with Crippen LogP contribution in [0.2, 0.25) is 10.0 Å². The number of halogens is 3. The van der Waals surface area contributed by atoms with Crippen molar-refractivity contribution in [1.29, 1.82) is 0 Å². The molecule has 0 aromatic heterocycles. The zero-order valence-corrected chi connectivity index (χ0v) is 21.0. The number of rotatable bonds is 12. The predicted octanol–water partition coefficient (Wildman–Crippen LogP) is 4.82. The van der Waals surface area contributed by atoms with Gasteiger partial charge >= 0.3 is 0 Å². The largest absolute Gasteiger partial charge is 0.490 e. The van der Waals surface area contributed by atoms with Crippen LogP contribution in [0.3, 0.4) is 0 Å². The summed E-state index contributed by atoms with van der Waals surface area (Å²) in [6, 6.07) is 9.56. The molecule has 0 aliphatic carbocycles. The number of carbonyl (C=O) groups is 2. The molecular weight excluding hydrogens is 527 g/mol. The summed E-state index contributed by atoms with van der Waals surface area (Å²) in [6.07, 6.45) is 1.59. The minimum atomic E-state index is -3.46. The fourth-order valence-corrected chi connectivity index (χ4v) is 3.79. The van der Waals surface area contributed by atoms with Gasteiger partial charge in [0.15, 0.2) is 11.5 Å². The second kappa shape index (κ2) is 13.7. The summed E-state index contributed by atoms with van der Waals surface area (Å²) in [4.78, 5) is 25.5. The first-order valence-electron chi connectivity index (χ1n) is 9.69. The van der Waals surface area contributed by atoms with E-state index in [4.69, 9.17) is 44.3 Å². The first-order chi connectivity index (χ1) is 15.5. The Hall–Kier alpha value is -2.04. The summed E-state index contributed by atoms with van der Waals surface area (Å²) >= 11 is 18.3. The SMILES string of the molecule is C.CC(=O)N(c1ccc(OCC(=O)CNS(C)(=O)=O)cc1)c1cc(Cl)c(OCCCCl)c(Cl)c1. The fourth-order valence-electron chi connectivity index (χ4n) is 2.67. The molecule has 0 unspecified atom stereocenters. The molecule has 12 heteroatoms. The highest BCUT2D eigenvalue weighted by molar-refractivity contribution is 7.88. The zero-order chi connectivity index (χ0) is 24.6. The second-order valence-corrected chi connectivity index (χ2v) is 9.92. The molecule has 2 aromatic rings. The average molecular weight is 554 g/mol. The number of nitrogens with one attached hydrogen (secondary N) is 1. The lowest BCUT2D eigenvalue weighted by molar-refractivity contribution is -0.120. The predicted molar refractivity (Wildman–Crippen MR) is 137 cm³/mol. The quantitative estimate of drug-likeness (QED) is 0.299. The Morgan fingerprint density at radius 3 is 2.12 bits per heavy atom. The second-order valence-electron chi connectivity index (χ2n) is 6.90. The van der Waals surface area contributed by atoms with E-state index in [0.717, 1.165) is 6.26 Å². The van der Waals surface area contributed by atoms with Crippen LogP contribution in [0.25, 0.3) is 0 Å². The van der Waals surface area contributed by atoms with Crippen LogP contribution in [-0.2, 0) is 19.6 Å². The minimum Gasteiger partial charge on any atom is -0.490 e. The molecule has 0 saturated heterocycles. The molecular formula is C22H27Cl3N2O6S. The summed E-state index contributed by atoms with van der Waals surface area (Å²) < 4.78 is 35.1. The number of anilines is 2. The highest BCUT2D eigenvalue weighted by atomic mass is 35.5. The Kier molecular flexibility index (Phi) is 12.1. The lowest BCUT2D eigenvalue weighted by Crippen LogP contribution is -2.31. The van der Waals surface area contributed by atoms with E-state index in [-0.39, 0.29) is 36.5 Å². The average Bonchev–Trinajstić information content (AvgIpc) is 2.73. The van der Waals surface area contributed by atoms with E-state index in [1.54, 1.807) is 36.4 Å². The maximum absolute atomic E-state index is 12.4. The smallest absolute Gasteiger partial charge is 0.228 e. The van der Waals surface area contributed by atoms with E-state index < -0.39 is 15.8 Å². The van der Waals surface area contributed by atoms with Gasteiger partial charge < -0.3 is 9.47 Å². The Balaban J connectivity index is 0.00000578. The number of nitrogens with zero attached hydrogens (tertiary/aromatic N) is 1. The number of alkyl halides is 1. The Morgan fingerprint density at radius 1 is 1.03 bits per heavy atom. The van der Waals surface area contributed by atoms with Crippen molar-refractivity contribution < 1.29 is 27.5 Å². The molecule has 0 atom stereocenters. The van der Waals surface area contributed by atoms with Gasteiger partial charge in [-0.1, -0.05) is 30.6 Å². The van der Waals surface area contributed by atoms with Gasteiger partial charge in [0.05, 0.1) is 35.1 Å². The van der Waals surface area contributed by atoms with E-state index in [2.05, 4.69) is 4.72 Å². The summed E-state index contributed by atoms with van der Waals surface area (Å²) in [5.74, 6) is 0.404. The number of carbonyl (C=O) groups excluding carboxylic acids is 2. The monoisotopic (exact) mass is 552 g/mol. The number of Topliss-reactive ketones (excluding diaryl/α,β-unsaturated/α-hetero) is 1. The molecule has 1 N–H and O–H groups in total. The van der Waals surface area contributed by atoms with E-state index in [9.17, 15) is 18.0 Å². The van der Waals surface area contributed by atoms with E-state index >= 15 is 0 Å². The Morgan fingerprint density at radius 2 is 1.62 bits per heavy atom. The van der Waals surface area contributed by atoms with Gasteiger partial charge in [-0.15, -0.1) is 11.6 Å². The van der Waals surface area contributed by atoms with Crippen molar-refractivity contribution in [2.75, 3.05) is 36.8 Å². The van der Waals surface area contributed by atoms with Gasteiger partial charge in [-0.3, -0.25) is 14.5 Å². The Labute approximate surface area is 215 Å². The van der Waals surface area contributed by atoms with Crippen LogP contribution in [0, 0.1) is 0 Å². The van der Waals surface area contributed by atoms with Gasteiger partial charge in [0.2, 0.25) is 15.9 Å². The lowest BCUT2D eigenvalue weighted by atomic mass is 10.2. The van der Waals surface area contributed by atoms with Gasteiger partial charge in [0.25, 0.3) is 0 Å². The van der Waals surface area contributed by atoms with Gasteiger partial charge in [0.1, 0.15) is 12.4 Å². The number of sulfonamides is 1. The van der Waals surface area contributed by atoms with E-state index in [0.29, 0.717) is 41.8 Å². The minimum absolute atomic E-state index is 0. The number of benzene rings is 2. The normalized spacial score (nSPS) is 10.9. The van der Waals surface area contributed by atoms with Gasteiger partial charge in [0, 0.05) is 18.5 Å². The molecule has 0 spiro atoms. The molecule has 8 nitrogen and oxygen atoms in total. The molecule has 2 aromatic carbocycles. The van der Waals surface area contributed by atoms with Crippen LogP contribution >= 0.6 is 34.8 Å². The maximum Gasteiger partial charge on any atom is 0.228 e. The number of amides is 1. The molecule has 0 saturated carbocycles. The van der Waals surface area contributed by atoms with Crippen LogP contribution in [0.4, 0.5) is 11.4 Å². The first-order valence-corrected chi connectivity index (χ1v) is 12.9. The van der Waals surface area contributed by atoms with Crippen LogP contribution in [0.15, 0.2) is 36.4 Å². The van der Waals surface area contributed by atoms with Crippen molar-refractivity contribution in [2.45, 2.75) is 20.8 Å². The van der Waals surface area contributed by atoms with Gasteiger partial charge in [-0.2, -0.15) is 0 Å². The highest BCUT2D eigenvalue weighted by Gasteiger charge is 2.19. The Bertz CT molecular complexity index is 1070. The van der Waals surface area contributed by atoms with Crippen molar-refractivity contribution in [2.24, 2.45) is 0 Å². The van der Waals surface area contributed by atoms with Crippen LogP contribution < -0.4 is 19.1 Å². The first kappa shape index (κ1) is 30.0. The molecule has 2 rings (SSSR count).